The molecule has 1 aromatic heterocycles. The Morgan fingerprint density at radius 2 is 1.96 bits per heavy atom. The van der Waals surface area contributed by atoms with E-state index in [1.165, 1.54) is 0 Å². The largest absolute Gasteiger partial charge is 0.294 e. The summed E-state index contributed by atoms with van der Waals surface area (Å²) in [5.41, 5.74) is 4.44. The van der Waals surface area contributed by atoms with Crippen molar-refractivity contribution < 1.29 is 9.18 Å². The number of Topliss-reactive ketones (excluding diaryl/α,β-unsaturated/α-hetero) is 1. The number of carbonyl (C=O) groups is 1. The predicted octanol–water partition coefficient (Wildman–Crippen LogP) is 4.41. The molecular weight excluding hydrogens is 315 g/mol. The number of benzene rings is 1. The van der Waals surface area contributed by atoms with Gasteiger partial charge in [0.15, 0.2) is 5.78 Å². The summed E-state index contributed by atoms with van der Waals surface area (Å²) in [7, 11) is 0. The van der Waals surface area contributed by atoms with Crippen molar-refractivity contribution in [1.29, 1.82) is 0 Å². The third-order valence-electron chi connectivity index (χ3n) is 5.75. The van der Waals surface area contributed by atoms with E-state index in [4.69, 9.17) is 0 Å². The Kier molecular flexibility index (Phi) is 3.34. The lowest BCUT2D eigenvalue weighted by Gasteiger charge is -2.43. The molecule has 0 bridgehead atoms. The van der Waals surface area contributed by atoms with Crippen molar-refractivity contribution >= 4 is 5.78 Å². The fourth-order valence-corrected chi connectivity index (χ4v) is 4.80. The number of aryl methyl sites for hydroxylation is 1. The van der Waals surface area contributed by atoms with Crippen molar-refractivity contribution in [3.05, 3.63) is 63.7 Å². The summed E-state index contributed by atoms with van der Waals surface area (Å²) in [6.07, 6.45) is 1.94. The van der Waals surface area contributed by atoms with Crippen LogP contribution in [-0.4, -0.2) is 16.0 Å². The molecule has 0 unspecified atom stereocenters. The second-order valence-corrected chi connectivity index (χ2v) is 8.46. The van der Waals surface area contributed by atoms with Crippen molar-refractivity contribution in [3.63, 3.8) is 0 Å². The number of rotatable bonds is 1. The smallest absolute Gasteiger partial charge is 0.237 e. The first kappa shape index (κ1) is 16.2. The highest BCUT2D eigenvalue weighted by molar-refractivity contribution is 6.01. The molecule has 0 spiro atoms. The van der Waals surface area contributed by atoms with Crippen molar-refractivity contribution in [2.45, 2.75) is 52.4 Å². The molecule has 0 amide bonds. The first-order valence-corrected chi connectivity index (χ1v) is 8.78. The van der Waals surface area contributed by atoms with E-state index in [2.05, 4.69) is 30.1 Å². The molecule has 0 saturated carbocycles. The number of hydrogen-bond donors (Lipinski definition) is 1. The van der Waals surface area contributed by atoms with Crippen LogP contribution in [0.3, 0.4) is 0 Å². The van der Waals surface area contributed by atoms with E-state index in [-0.39, 0.29) is 11.2 Å². The average molecular weight is 338 g/mol. The number of nitrogens with zero attached hydrogens (tertiary/aromatic N) is 1. The summed E-state index contributed by atoms with van der Waals surface area (Å²) >= 11 is 0. The summed E-state index contributed by atoms with van der Waals surface area (Å²) < 4.78 is 14.7. The second-order valence-electron chi connectivity index (χ2n) is 8.46. The maximum Gasteiger partial charge on any atom is 0.237 e. The Balaban J connectivity index is 2.03. The van der Waals surface area contributed by atoms with Crippen LogP contribution in [0.25, 0.3) is 0 Å². The van der Waals surface area contributed by atoms with Crippen LogP contribution < -0.4 is 0 Å². The van der Waals surface area contributed by atoms with Gasteiger partial charge >= 0.3 is 0 Å². The standard InChI is InChI=1S/C21H23FN2O/c1-12-6-5-7-14(8-12)21(4)17-13(10-20(2,3)11-16(17)25)9-15-18(21)19(22)24-23-15/h5-8H,9-11H2,1-4H3,(H,23,24)/t21-/m0/s1. The SMILES string of the molecule is Cc1cccc([C@@]2(C)C3=C(Cc4[nH]nc(F)c42)CC(C)(C)CC3=O)c1. The number of hydrogen-bond acceptors (Lipinski definition) is 2. The number of aromatic amines is 1. The summed E-state index contributed by atoms with van der Waals surface area (Å²) in [4.78, 5) is 13.2. The molecule has 2 aliphatic rings. The molecule has 0 saturated heterocycles. The Labute approximate surface area is 147 Å². The van der Waals surface area contributed by atoms with E-state index in [1.807, 2.05) is 32.0 Å². The van der Waals surface area contributed by atoms with E-state index in [9.17, 15) is 9.18 Å². The zero-order valence-corrected chi connectivity index (χ0v) is 15.2. The van der Waals surface area contributed by atoms with Gasteiger partial charge in [-0.3, -0.25) is 9.89 Å². The molecule has 0 radical (unpaired) electrons. The average Bonchev–Trinajstić information content (AvgIpc) is 2.87. The molecule has 1 heterocycles. The number of carbonyl (C=O) groups excluding carboxylic acids is 1. The van der Waals surface area contributed by atoms with Crippen molar-refractivity contribution in [1.82, 2.24) is 10.2 Å². The minimum atomic E-state index is -0.792. The van der Waals surface area contributed by atoms with E-state index in [0.717, 1.165) is 34.4 Å². The molecule has 0 aliphatic heterocycles. The Hall–Kier alpha value is -2.23. The Morgan fingerprint density at radius 1 is 1.20 bits per heavy atom. The molecule has 2 aromatic rings. The van der Waals surface area contributed by atoms with Crippen LogP contribution in [0.1, 0.15) is 56.0 Å². The Morgan fingerprint density at radius 3 is 2.68 bits per heavy atom. The molecule has 1 aromatic carbocycles. The molecule has 4 heteroatoms. The van der Waals surface area contributed by atoms with Crippen LogP contribution in [0.4, 0.5) is 4.39 Å². The number of H-pyrrole nitrogens is 1. The number of nitrogens with one attached hydrogen (secondary N) is 1. The molecule has 25 heavy (non-hydrogen) atoms. The van der Waals surface area contributed by atoms with Gasteiger partial charge < -0.3 is 0 Å². The molecule has 4 rings (SSSR count). The molecule has 1 N–H and O–H groups in total. The highest BCUT2D eigenvalue weighted by Gasteiger charge is 2.49. The number of aromatic nitrogens is 2. The fourth-order valence-electron chi connectivity index (χ4n) is 4.80. The topological polar surface area (TPSA) is 45.8 Å². The van der Waals surface area contributed by atoms with Crippen molar-refractivity contribution in [2.24, 2.45) is 5.41 Å². The van der Waals surface area contributed by atoms with E-state index < -0.39 is 11.4 Å². The monoisotopic (exact) mass is 338 g/mol. The van der Waals surface area contributed by atoms with Gasteiger partial charge in [-0.25, -0.2) is 0 Å². The van der Waals surface area contributed by atoms with E-state index in [0.29, 0.717) is 18.4 Å². The van der Waals surface area contributed by atoms with Gasteiger partial charge in [0.2, 0.25) is 5.95 Å². The van der Waals surface area contributed by atoms with Crippen LogP contribution in [-0.2, 0) is 16.6 Å². The number of halogens is 1. The quantitative estimate of drug-likeness (QED) is 0.837. The van der Waals surface area contributed by atoms with E-state index in [1.54, 1.807) is 0 Å². The van der Waals surface area contributed by atoms with Gasteiger partial charge in [0.1, 0.15) is 0 Å². The lowest BCUT2D eigenvalue weighted by atomic mass is 9.58. The fraction of sp³-hybridized carbons (Fsp3) is 0.429. The number of ketones is 1. The van der Waals surface area contributed by atoms with Gasteiger partial charge in [-0.2, -0.15) is 4.39 Å². The third kappa shape index (κ3) is 2.30. The van der Waals surface area contributed by atoms with Gasteiger partial charge in [-0.15, -0.1) is 5.10 Å². The summed E-state index contributed by atoms with van der Waals surface area (Å²) in [5.74, 6) is -0.357. The lowest BCUT2D eigenvalue weighted by Crippen LogP contribution is -2.41. The lowest BCUT2D eigenvalue weighted by molar-refractivity contribution is -0.118. The summed E-state index contributed by atoms with van der Waals surface area (Å²) in [6, 6.07) is 8.04. The number of fused-ring (bicyclic) bond motifs is 1. The molecule has 2 aliphatic carbocycles. The van der Waals surface area contributed by atoms with Crippen LogP contribution in [0.5, 0.6) is 0 Å². The molecule has 0 fully saturated rings. The first-order chi connectivity index (χ1) is 11.7. The molecule has 1 atom stereocenters. The van der Waals surface area contributed by atoms with Crippen LogP contribution in [0.15, 0.2) is 35.4 Å². The highest BCUT2D eigenvalue weighted by Crippen LogP contribution is 2.52. The summed E-state index contributed by atoms with van der Waals surface area (Å²) in [6.45, 7) is 8.25. The first-order valence-electron chi connectivity index (χ1n) is 8.78. The van der Waals surface area contributed by atoms with Crippen molar-refractivity contribution in [3.8, 4) is 0 Å². The van der Waals surface area contributed by atoms with Gasteiger partial charge in [0, 0.05) is 29.7 Å². The third-order valence-corrected chi connectivity index (χ3v) is 5.75. The van der Waals surface area contributed by atoms with Gasteiger partial charge in [0.25, 0.3) is 0 Å². The predicted molar refractivity (Wildman–Crippen MR) is 94.9 cm³/mol. The van der Waals surface area contributed by atoms with Gasteiger partial charge in [-0.1, -0.05) is 49.2 Å². The normalized spacial score (nSPS) is 24.9. The highest BCUT2D eigenvalue weighted by atomic mass is 19.1. The van der Waals surface area contributed by atoms with E-state index >= 15 is 0 Å². The maximum atomic E-state index is 14.7. The summed E-state index contributed by atoms with van der Waals surface area (Å²) in [5, 5.41) is 6.70. The second kappa shape index (κ2) is 5.13. The van der Waals surface area contributed by atoms with Crippen LogP contribution >= 0.6 is 0 Å². The zero-order chi connectivity index (χ0) is 18.0. The zero-order valence-electron chi connectivity index (χ0n) is 15.2. The molecule has 130 valence electrons. The van der Waals surface area contributed by atoms with Crippen LogP contribution in [0, 0.1) is 18.3 Å². The molecule has 3 nitrogen and oxygen atoms in total. The minimum absolute atomic E-state index is 0.0561. The number of allylic oxidation sites excluding steroid dienone is 2. The minimum Gasteiger partial charge on any atom is -0.294 e. The van der Waals surface area contributed by atoms with Crippen molar-refractivity contribution in [2.75, 3.05) is 0 Å². The molecular formula is C21H23FN2O. The van der Waals surface area contributed by atoms with Gasteiger partial charge in [0.05, 0.1) is 5.41 Å². The maximum absolute atomic E-state index is 14.7. The van der Waals surface area contributed by atoms with Gasteiger partial charge in [-0.05, 0) is 31.2 Å². The Bertz CT molecular complexity index is 922. The van der Waals surface area contributed by atoms with Crippen LogP contribution in [0.2, 0.25) is 0 Å².